The average Bonchev–Trinajstić information content (AvgIpc) is 2.45. The van der Waals surface area contributed by atoms with Crippen LogP contribution >= 0.6 is 0 Å². The lowest BCUT2D eigenvalue weighted by molar-refractivity contribution is 0.257. The maximum absolute atomic E-state index is 4.55. The van der Waals surface area contributed by atoms with Gasteiger partial charge in [-0.3, -0.25) is 0 Å². The smallest absolute Gasteiger partial charge is 0.225 e. The summed E-state index contributed by atoms with van der Waals surface area (Å²) in [5.41, 5.74) is 1.25. The molecule has 0 bridgehead atoms. The molecule has 1 unspecified atom stereocenters. The molecule has 0 saturated carbocycles. The highest BCUT2D eigenvalue weighted by Gasteiger charge is 2.22. The summed E-state index contributed by atoms with van der Waals surface area (Å²) in [4.78, 5) is 13.7. The summed E-state index contributed by atoms with van der Waals surface area (Å²) >= 11 is 0. The lowest BCUT2D eigenvalue weighted by atomic mass is 10.1. The molecule has 5 heteroatoms. The van der Waals surface area contributed by atoms with Crippen molar-refractivity contribution in [2.24, 2.45) is 0 Å². The highest BCUT2D eigenvalue weighted by molar-refractivity contribution is 5.31. The van der Waals surface area contributed by atoms with Crippen molar-refractivity contribution in [1.82, 2.24) is 20.2 Å². The van der Waals surface area contributed by atoms with Crippen molar-refractivity contribution >= 4 is 5.95 Å². The van der Waals surface area contributed by atoms with Crippen molar-refractivity contribution in [2.75, 3.05) is 32.1 Å². The Balaban J connectivity index is 1.95. The van der Waals surface area contributed by atoms with Crippen LogP contribution in [-0.4, -0.2) is 53.6 Å². The van der Waals surface area contributed by atoms with Crippen molar-refractivity contribution < 1.29 is 0 Å². The van der Waals surface area contributed by atoms with Gasteiger partial charge >= 0.3 is 0 Å². The zero-order valence-electron chi connectivity index (χ0n) is 14.1. The third kappa shape index (κ3) is 4.93. The zero-order valence-corrected chi connectivity index (χ0v) is 14.1. The van der Waals surface area contributed by atoms with Crippen LogP contribution < -0.4 is 10.2 Å². The fourth-order valence-electron chi connectivity index (χ4n) is 2.53. The van der Waals surface area contributed by atoms with Crippen molar-refractivity contribution in [2.45, 2.75) is 51.7 Å². The normalized spacial score (nSPS) is 20.1. The van der Waals surface area contributed by atoms with Crippen molar-refractivity contribution in [1.29, 1.82) is 0 Å². The largest absolute Gasteiger partial charge is 0.339 e. The number of nitrogens with zero attached hydrogens (tertiary/aromatic N) is 4. The van der Waals surface area contributed by atoms with E-state index >= 15 is 0 Å². The van der Waals surface area contributed by atoms with Gasteiger partial charge < -0.3 is 15.1 Å². The summed E-state index contributed by atoms with van der Waals surface area (Å²) in [5, 5.41) is 3.46. The minimum Gasteiger partial charge on any atom is -0.339 e. The molecule has 0 radical (unpaired) electrons. The SMILES string of the molecule is CN(C)C1CCCN(c2ncc(CNC(C)(C)C)cn2)C1. The molecule has 1 saturated heterocycles. The number of hydrogen-bond donors (Lipinski definition) is 1. The molecule has 0 spiro atoms. The summed E-state index contributed by atoms with van der Waals surface area (Å²) in [6, 6.07) is 0.601. The molecule has 1 aliphatic heterocycles. The number of rotatable bonds is 4. The molecule has 0 aliphatic carbocycles. The fraction of sp³-hybridized carbons (Fsp3) is 0.750. The van der Waals surface area contributed by atoms with Crippen LogP contribution in [0.1, 0.15) is 39.2 Å². The van der Waals surface area contributed by atoms with Crippen LogP contribution in [0.2, 0.25) is 0 Å². The maximum Gasteiger partial charge on any atom is 0.225 e. The van der Waals surface area contributed by atoms with Gasteiger partial charge in [0.15, 0.2) is 0 Å². The van der Waals surface area contributed by atoms with E-state index in [4.69, 9.17) is 0 Å². The maximum atomic E-state index is 4.55. The van der Waals surface area contributed by atoms with Gasteiger partial charge in [-0.2, -0.15) is 0 Å². The number of aromatic nitrogens is 2. The molecule has 5 nitrogen and oxygen atoms in total. The van der Waals surface area contributed by atoms with Crippen LogP contribution in [0.25, 0.3) is 0 Å². The molecule has 1 N–H and O–H groups in total. The van der Waals surface area contributed by atoms with Crippen LogP contribution in [0.15, 0.2) is 12.4 Å². The first kappa shape index (κ1) is 16.2. The number of anilines is 1. The van der Waals surface area contributed by atoms with Crippen molar-refractivity contribution in [3.63, 3.8) is 0 Å². The molecule has 2 heterocycles. The van der Waals surface area contributed by atoms with E-state index in [9.17, 15) is 0 Å². The molecule has 21 heavy (non-hydrogen) atoms. The molecular weight excluding hydrogens is 262 g/mol. The van der Waals surface area contributed by atoms with Crippen LogP contribution in [0.5, 0.6) is 0 Å². The Morgan fingerprint density at radius 2 is 1.95 bits per heavy atom. The molecule has 118 valence electrons. The van der Waals surface area contributed by atoms with E-state index in [1.807, 2.05) is 12.4 Å². The summed E-state index contributed by atoms with van der Waals surface area (Å²) < 4.78 is 0. The van der Waals surface area contributed by atoms with Gasteiger partial charge in [-0.15, -0.1) is 0 Å². The second-order valence-electron chi connectivity index (χ2n) is 7.20. The first-order chi connectivity index (χ1) is 9.85. The molecule has 0 aromatic carbocycles. The highest BCUT2D eigenvalue weighted by Crippen LogP contribution is 2.18. The molecular formula is C16H29N5. The van der Waals surface area contributed by atoms with Gasteiger partial charge in [-0.05, 0) is 47.7 Å². The average molecular weight is 291 g/mol. The first-order valence-electron chi connectivity index (χ1n) is 7.82. The van der Waals surface area contributed by atoms with Gasteiger partial charge in [0.1, 0.15) is 0 Å². The van der Waals surface area contributed by atoms with Crippen molar-refractivity contribution in [3.05, 3.63) is 18.0 Å². The van der Waals surface area contributed by atoms with E-state index in [0.717, 1.165) is 31.1 Å². The predicted octanol–water partition coefficient (Wildman–Crippen LogP) is 1.90. The van der Waals surface area contributed by atoms with E-state index in [1.54, 1.807) is 0 Å². The second kappa shape index (κ2) is 6.71. The molecule has 1 aromatic heterocycles. The Morgan fingerprint density at radius 1 is 1.29 bits per heavy atom. The monoisotopic (exact) mass is 291 g/mol. The molecule has 1 aromatic rings. The van der Waals surface area contributed by atoms with Gasteiger partial charge in [0.25, 0.3) is 0 Å². The number of piperidine rings is 1. The Labute approximate surface area is 128 Å². The summed E-state index contributed by atoms with van der Waals surface area (Å²) in [6.07, 6.45) is 6.36. The summed E-state index contributed by atoms with van der Waals surface area (Å²) in [6.45, 7) is 9.38. The summed E-state index contributed by atoms with van der Waals surface area (Å²) in [5.74, 6) is 0.862. The topological polar surface area (TPSA) is 44.3 Å². The van der Waals surface area contributed by atoms with E-state index in [-0.39, 0.29) is 5.54 Å². The van der Waals surface area contributed by atoms with E-state index in [2.05, 4.69) is 60.0 Å². The first-order valence-corrected chi connectivity index (χ1v) is 7.82. The van der Waals surface area contributed by atoms with Crippen LogP contribution in [0.3, 0.4) is 0 Å². The Hall–Kier alpha value is -1.20. The van der Waals surface area contributed by atoms with Crippen LogP contribution in [0.4, 0.5) is 5.95 Å². The highest BCUT2D eigenvalue weighted by atomic mass is 15.3. The van der Waals surface area contributed by atoms with Gasteiger partial charge in [0.2, 0.25) is 5.95 Å². The number of likely N-dealkylation sites (N-methyl/N-ethyl adjacent to an activating group) is 1. The molecule has 0 amide bonds. The molecule has 1 atom stereocenters. The van der Waals surface area contributed by atoms with E-state index in [1.165, 1.54) is 12.8 Å². The molecule has 2 rings (SSSR count). The Kier molecular flexibility index (Phi) is 5.17. The van der Waals surface area contributed by atoms with Crippen molar-refractivity contribution in [3.8, 4) is 0 Å². The minimum atomic E-state index is 0.116. The van der Waals surface area contributed by atoms with Crippen LogP contribution in [0, 0.1) is 0 Å². The standard InChI is InChI=1S/C16H29N5/c1-16(2,3)19-11-13-9-17-15(18-10-13)21-8-6-7-14(12-21)20(4)5/h9-10,14,19H,6-8,11-12H2,1-5H3. The second-order valence-corrected chi connectivity index (χ2v) is 7.20. The lowest BCUT2D eigenvalue weighted by Gasteiger charge is -2.36. The van der Waals surface area contributed by atoms with Gasteiger partial charge in [0.05, 0.1) is 0 Å². The molecule has 1 fully saturated rings. The number of nitrogens with one attached hydrogen (secondary N) is 1. The molecule has 1 aliphatic rings. The van der Waals surface area contributed by atoms with E-state index < -0.39 is 0 Å². The quantitative estimate of drug-likeness (QED) is 0.918. The van der Waals surface area contributed by atoms with Crippen LogP contribution in [-0.2, 0) is 6.54 Å². The third-order valence-electron chi connectivity index (χ3n) is 3.92. The third-order valence-corrected chi connectivity index (χ3v) is 3.92. The van der Waals surface area contributed by atoms with Gasteiger partial charge in [-0.1, -0.05) is 0 Å². The zero-order chi connectivity index (χ0) is 15.5. The lowest BCUT2D eigenvalue weighted by Crippen LogP contribution is -2.45. The predicted molar refractivity (Wildman–Crippen MR) is 87.5 cm³/mol. The minimum absolute atomic E-state index is 0.116. The van der Waals surface area contributed by atoms with E-state index in [0.29, 0.717) is 6.04 Å². The fourth-order valence-corrected chi connectivity index (χ4v) is 2.53. The summed E-state index contributed by atoms with van der Waals surface area (Å²) in [7, 11) is 4.30. The Bertz CT molecular complexity index is 435. The number of hydrogen-bond acceptors (Lipinski definition) is 5. The van der Waals surface area contributed by atoms with Gasteiger partial charge in [-0.25, -0.2) is 9.97 Å². The van der Waals surface area contributed by atoms with Gasteiger partial charge in [0, 0.05) is 49.2 Å². The Morgan fingerprint density at radius 3 is 2.52 bits per heavy atom.